The third kappa shape index (κ3) is 5.05. The second-order valence-corrected chi connectivity index (χ2v) is 10.7. The van der Waals surface area contributed by atoms with E-state index in [9.17, 15) is 9.59 Å². The van der Waals surface area contributed by atoms with Crippen LogP contribution in [-0.2, 0) is 34.0 Å². The molecule has 2 saturated heterocycles. The summed E-state index contributed by atoms with van der Waals surface area (Å²) in [5.74, 6) is 0.594. The van der Waals surface area contributed by atoms with Gasteiger partial charge in [0.2, 0.25) is 11.8 Å². The highest BCUT2D eigenvalue weighted by Crippen LogP contribution is 2.34. The summed E-state index contributed by atoms with van der Waals surface area (Å²) in [5.41, 5.74) is 3.69. The summed E-state index contributed by atoms with van der Waals surface area (Å²) in [6, 6.07) is 17.0. The number of likely N-dealkylation sites (tertiary alicyclic amines) is 1. The Hall–Kier alpha value is -2.74. The number of hydrogen-bond acceptors (Lipinski definition) is 6. The summed E-state index contributed by atoms with van der Waals surface area (Å²) < 4.78 is 12.7. The van der Waals surface area contributed by atoms with Crippen molar-refractivity contribution in [2.45, 2.75) is 82.5 Å². The molecule has 4 aliphatic rings. The Morgan fingerprint density at radius 1 is 0.889 bits per heavy atom. The van der Waals surface area contributed by atoms with Gasteiger partial charge in [-0.3, -0.25) is 24.7 Å². The Morgan fingerprint density at radius 2 is 1.69 bits per heavy atom. The molecule has 2 aromatic carbocycles. The first-order valence-electron chi connectivity index (χ1n) is 13.4. The van der Waals surface area contributed by atoms with E-state index >= 15 is 0 Å². The van der Waals surface area contributed by atoms with Gasteiger partial charge < -0.3 is 9.47 Å². The fourth-order valence-electron chi connectivity index (χ4n) is 6.16. The zero-order chi connectivity index (χ0) is 24.5. The fourth-order valence-corrected chi connectivity index (χ4v) is 6.16. The lowest BCUT2D eigenvalue weighted by atomic mass is 9.89. The van der Waals surface area contributed by atoms with Crippen molar-refractivity contribution in [3.63, 3.8) is 0 Å². The molecule has 0 spiro atoms. The molecule has 0 bridgehead atoms. The molecule has 3 heterocycles. The monoisotopic (exact) mass is 489 g/mol. The van der Waals surface area contributed by atoms with Crippen LogP contribution in [0.15, 0.2) is 48.5 Å². The zero-order valence-corrected chi connectivity index (χ0v) is 20.7. The average Bonchev–Trinajstić information content (AvgIpc) is 3.28. The predicted octanol–water partition coefficient (Wildman–Crippen LogP) is 3.40. The lowest BCUT2D eigenvalue weighted by molar-refractivity contribution is -0.137. The molecule has 1 unspecified atom stereocenters. The molecule has 3 atom stereocenters. The van der Waals surface area contributed by atoms with E-state index in [0.717, 1.165) is 38.3 Å². The van der Waals surface area contributed by atoms with Crippen LogP contribution in [0.5, 0.6) is 5.75 Å². The number of nitrogens with one attached hydrogen (secondary N) is 1. The molecule has 1 N–H and O–H groups in total. The third-order valence-electron chi connectivity index (χ3n) is 8.20. The van der Waals surface area contributed by atoms with Crippen LogP contribution in [0.2, 0.25) is 0 Å². The van der Waals surface area contributed by atoms with Gasteiger partial charge in [-0.1, -0.05) is 42.8 Å². The zero-order valence-electron chi connectivity index (χ0n) is 20.7. The van der Waals surface area contributed by atoms with Crippen LogP contribution in [0.4, 0.5) is 0 Å². The second-order valence-electron chi connectivity index (χ2n) is 10.7. The maximum absolute atomic E-state index is 12.3. The van der Waals surface area contributed by atoms with Crippen molar-refractivity contribution < 1.29 is 19.1 Å². The molecule has 6 rings (SSSR count). The number of ether oxygens (including phenoxy) is 2. The molecular weight excluding hydrogens is 454 g/mol. The molecular formula is C29H35N3O4. The number of nitrogens with zero attached hydrogens (tertiary/aromatic N) is 2. The number of carbonyl (C=O) groups is 2. The Bertz CT molecular complexity index is 1100. The van der Waals surface area contributed by atoms with E-state index in [0.29, 0.717) is 31.6 Å². The molecule has 0 radical (unpaired) electrons. The minimum atomic E-state index is -0.231. The number of benzene rings is 2. The number of imide groups is 1. The topological polar surface area (TPSA) is 71.1 Å². The molecule has 0 aromatic heterocycles. The molecule has 1 saturated carbocycles. The molecule has 2 aromatic rings. The van der Waals surface area contributed by atoms with Crippen LogP contribution in [0.25, 0.3) is 0 Å². The quantitative estimate of drug-likeness (QED) is 0.602. The third-order valence-corrected chi connectivity index (χ3v) is 8.20. The molecule has 1 aliphatic carbocycles. The minimum absolute atomic E-state index is 0.165. The SMILES string of the molecule is O=C1CCC(N2Cc3ccc(O[C@@H]4CCCC[C@@H]4N4CC(OCc5ccccc5)C4)cc3C2)C(=O)N1. The Labute approximate surface area is 212 Å². The average molecular weight is 490 g/mol. The maximum Gasteiger partial charge on any atom is 0.243 e. The van der Waals surface area contributed by atoms with Crippen molar-refractivity contribution in [2.75, 3.05) is 13.1 Å². The van der Waals surface area contributed by atoms with Gasteiger partial charge in [-0.2, -0.15) is 0 Å². The van der Waals surface area contributed by atoms with Gasteiger partial charge in [-0.25, -0.2) is 0 Å². The van der Waals surface area contributed by atoms with E-state index in [1.807, 2.05) is 6.07 Å². The molecule has 3 aliphatic heterocycles. The van der Waals surface area contributed by atoms with Gasteiger partial charge in [-0.05, 0) is 54.5 Å². The molecule has 7 heteroatoms. The lowest BCUT2D eigenvalue weighted by Crippen LogP contribution is -2.61. The minimum Gasteiger partial charge on any atom is -0.489 e. The van der Waals surface area contributed by atoms with Crippen LogP contribution in [0.1, 0.15) is 55.2 Å². The highest BCUT2D eigenvalue weighted by Gasteiger charge is 2.39. The number of fused-ring (bicyclic) bond motifs is 1. The summed E-state index contributed by atoms with van der Waals surface area (Å²) in [4.78, 5) is 28.6. The maximum atomic E-state index is 12.3. The summed E-state index contributed by atoms with van der Waals surface area (Å²) in [6.07, 6.45) is 6.21. The number of piperidine rings is 1. The first-order chi connectivity index (χ1) is 17.6. The van der Waals surface area contributed by atoms with E-state index in [2.05, 4.69) is 57.6 Å². The first kappa shape index (κ1) is 23.6. The predicted molar refractivity (Wildman–Crippen MR) is 135 cm³/mol. The van der Waals surface area contributed by atoms with Crippen molar-refractivity contribution in [3.05, 3.63) is 65.2 Å². The van der Waals surface area contributed by atoms with E-state index in [-0.39, 0.29) is 24.0 Å². The van der Waals surface area contributed by atoms with Crippen molar-refractivity contribution >= 4 is 11.8 Å². The number of carbonyl (C=O) groups excluding carboxylic acids is 2. The Balaban J connectivity index is 1.04. The standard InChI is InChI=1S/C29H35N3O4/c33-28-13-12-26(29(34)30-28)31-15-21-10-11-23(14-22(21)16-31)36-27-9-5-4-8-25(27)32-17-24(18-32)35-19-20-6-2-1-3-7-20/h1-3,6-7,10-11,14,24-27H,4-5,8-9,12-13,15-19H2,(H,30,33,34)/t25-,26?,27+/m0/s1. The van der Waals surface area contributed by atoms with Crippen molar-refractivity contribution in [1.82, 2.24) is 15.1 Å². The highest BCUT2D eigenvalue weighted by atomic mass is 16.5. The molecule has 190 valence electrons. The van der Waals surface area contributed by atoms with E-state index in [1.54, 1.807) is 0 Å². The Morgan fingerprint density at radius 3 is 2.53 bits per heavy atom. The lowest BCUT2D eigenvalue weighted by Gasteiger charge is -2.48. The number of amides is 2. The van der Waals surface area contributed by atoms with Crippen LogP contribution in [-0.4, -0.2) is 59.0 Å². The summed E-state index contributed by atoms with van der Waals surface area (Å²) in [7, 11) is 0. The van der Waals surface area contributed by atoms with Crippen molar-refractivity contribution in [2.24, 2.45) is 0 Å². The Kier molecular flexibility index (Phi) is 6.78. The van der Waals surface area contributed by atoms with Gasteiger partial charge >= 0.3 is 0 Å². The van der Waals surface area contributed by atoms with Gasteiger partial charge in [0.25, 0.3) is 0 Å². The van der Waals surface area contributed by atoms with Gasteiger partial charge in [0.05, 0.1) is 18.8 Å². The fraction of sp³-hybridized carbons (Fsp3) is 0.517. The van der Waals surface area contributed by atoms with E-state index in [4.69, 9.17) is 9.47 Å². The van der Waals surface area contributed by atoms with Gasteiger partial charge in [0, 0.05) is 38.6 Å². The first-order valence-corrected chi connectivity index (χ1v) is 13.4. The van der Waals surface area contributed by atoms with Crippen LogP contribution >= 0.6 is 0 Å². The van der Waals surface area contributed by atoms with Crippen molar-refractivity contribution in [3.8, 4) is 5.75 Å². The summed E-state index contributed by atoms with van der Waals surface area (Å²) in [6.45, 7) is 4.09. The molecule has 2 amide bonds. The normalized spacial score (nSPS) is 27.4. The van der Waals surface area contributed by atoms with Crippen LogP contribution < -0.4 is 10.1 Å². The van der Waals surface area contributed by atoms with Crippen molar-refractivity contribution in [1.29, 1.82) is 0 Å². The summed E-state index contributed by atoms with van der Waals surface area (Å²) >= 11 is 0. The summed E-state index contributed by atoms with van der Waals surface area (Å²) in [5, 5.41) is 2.49. The molecule has 3 fully saturated rings. The van der Waals surface area contributed by atoms with Crippen LogP contribution in [0.3, 0.4) is 0 Å². The van der Waals surface area contributed by atoms with Gasteiger partial charge in [0.15, 0.2) is 0 Å². The van der Waals surface area contributed by atoms with E-state index < -0.39 is 0 Å². The molecule has 7 nitrogen and oxygen atoms in total. The molecule has 36 heavy (non-hydrogen) atoms. The number of hydrogen-bond donors (Lipinski definition) is 1. The number of rotatable bonds is 7. The van der Waals surface area contributed by atoms with Gasteiger partial charge in [0.1, 0.15) is 11.9 Å². The largest absolute Gasteiger partial charge is 0.489 e. The smallest absolute Gasteiger partial charge is 0.243 e. The van der Waals surface area contributed by atoms with E-state index in [1.165, 1.54) is 36.0 Å². The van der Waals surface area contributed by atoms with Crippen LogP contribution in [0, 0.1) is 0 Å². The highest BCUT2D eigenvalue weighted by molar-refractivity contribution is 6.00. The van der Waals surface area contributed by atoms with Gasteiger partial charge in [-0.15, -0.1) is 0 Å². The second kappa shape index (κ2) is 10.3.